The molecular weight excluding hydrogens is 337 g/mol. The van der Waals surface area contributed by atoms with E-state index in [1.165, 1.54) is 11.8 Å². The van der Waals surface area contributed by atoms with Crippen molar-refractivity contribution in [1.82, 2.24) is 4.90 Å². The van der Waals surface area contributed by atoms with E-state index < -0.39 is 0 Å². The average molecular weight is 347 g/mol. The third-order valence-corrected chi connectivity index (χ3v) is 3.96. The second-order valence-corrected chi connectivity index (χ2v) is 5.76. The molecule has 1 aromatic rings. The maximum absolute atomic E-state index is 11.9. The molecule has 16 heavy (non-hydrogen) atoms. The molecule has 0 unspecified atom stereocenters. The second-order valence-electron chi connectivity index (χ2n) is 3.47. The monoisotopic (exact) mass is 347 g/mol. The molecule has 2 rings (SSSR count). The first kappa shape index (κ1) is 11.9. The molecule has 5 heteroatoms. The van der Waals surface area contributed by atoms with Gasteiger partial charge in [0.2, 0.25) is 0 Å². The molecule has 1 aromatic carbocycles. The summed E-state index contributed by atoms with van der Waals surface area (Å²) in [7, 11) is 0. The molecule has 3 nitrogen and oxygen atoms in total. The molecule has 0 radical (unpaired) electrons. The summed E-state index contributed by atoms with van der Waals surface area (Å²) in [5, 5.41) is 0.0128. The summed E-state index contributed by atoms with van der Waals surface area (Å²) in [6.07, 6.45) is 0. The molecule has 1 fully saturated rings. The van der Waals surface area contributed by atoms with Crippen LogP contribution in [0.2, 0.25) is 0 Å². The summed E-state index contributed by atoms with van der Waals surface area (Å²) in [6.45, 7) is 0.881. The van der Waals surface area contributed by atoms with Gasteiger partial charge in [0.1, 0.15) is 0 Å². The minimum absolute atomic E-state index is 0.00671. The number of nitrogens with zero attached hydrogens (tertiary/aromatic N) is 1. The van der Waals surface area contributed by atoms with E-state index in [0.717, 1.165) is 9.32 Å². The quantitative estimate of drug-likeness (QED) is 0.623. The number of benzene rings is 1. The summed E-state index contributed by atoms with van der Waals surface area (Å²) >= 11 is 3.47. The SMILES string of the molecule is O=C(CN1CCSC1=O)c1ccc(I)cc1. The van der Waals surface area contributed by atoms with Crippen LogP contribution in [0.5, 0.6) is 0 Å². The number of hydrogen-bond acceptors (Lipinski definition) is 3. The Morgan fingerprint density at radius 3 is 2.62 bits per heavy atom. The fourth-order valence-electron chi connectivity index (χ4n) is 1.47. The summed E-state index contributed by atoms with van der Waals surface area (Å²) in [5.74, 6) is 0.797. The van der Waals surface area contributed by atoms with Crippen molar-refractivity contribution in [3.8, 4) is 0 Å². The number of ketones is 1. The zero-order chi connectivity index (χ0) is 11.5. The number of carbonyl (C=O) groups excluding carboxylic acids is 2. The van der Waals surface area contributed by atoms with Crippen LogP contribution in [0.1, 0.15) is 10.4 Å². The first-order valence-electron chi connectivity index (χ1n) is 4.87. The van der Waals surface area contributed by atoms with Crippen LogP contribution >= 0.6 is 34.4 Å². The van der Waals surface area contributed by atoms with Crippen molar-refractivity contribution in [2.75, 3.05) is 18.8 Å². The molecule has 0 bridgehead atoms. The van der Waals surface area contributed by atoms with Crippen LogP contribution in [-0.2, 0) is 0 Å². The van der Waals surface area contributed by atoms with Gasteiger partial charge in [-0.3, -0.25) is 9.59 Å². The maximum atomic E-state index is 11.9. The first-order chi connectivity index (χ1) is 7.66. The fourth-order valence-corrected chi connectivity index (χ4v) is 2.65. The average Bonchev–Trinajstić information content (AvgIpc) is 2.65. The summed E-state index contributed by atoms with van der Waals surface area (Å²) in [5.41, 5.74) is 0.671. The van der Waals surface area contributed by atoms with Gasteiger partial charge in [0.05, 0.1) is 6.54 Å². The van der Waals surface area contributed by atoms with Gasteiger partial charge < -0.3 is 4.90 Å². The largest absolute Gasteiger partial charge is 0.325 e. The lowest BCUT2D eigenvalue weighted by Crippen LogP contribution is -2.29. The number of halogens is 1. The zero-order valence-electron chi connectivity index (χ0n) is 8.48. The molecule has 0 saturated carbocycles. The fraction of sp³-hybridized carbons (Fsp3) is 0.273. The summed E-state index contributed by atoms with van der Waals surface area (Å²) in [6, 6.07) is 7.40. The minimum Gasteiger partial charge on any atom is -0.325 e. The Morgan fingerprint density at radius 2 is 2.06 bits per heavy atom. The maximum Gasteiger partial charge on any atom is 0.282 e. The van der Waals surface area contributed by atoms with Gasteiger partial charge >= 0.3 is 0 Å². The van der Waals surface area contributed by atoms with Gasteiger partial charge in [-0.1, -0.05) is 23.9 Å². The zero-order valence-corrected chi connectivity index (χ0v) is 11.5. The number of amides is 1. The third-order valence-electron chi connectivity index (χ3n) is 2.35. The first-order valence-corrected chi connectivity index (χ1v) is 6.94. The van der Waals surface area contributed by atoms with Gasteiger partial charge in [-0.15, -0.1) is 0 Å². The standard InChI is InChI=1S/C11H10INO2S/c12-9-3-1-8(2-4-9)10(14)7-13-5-6-16-11(13)15/h1-4H,5-7H2. The molecule has 84 valence electrons. The Labute approximate surface area is 112 Å². The molecular formula is C11H10INO2S. The van der Waals surface area contributed by atoms with E-state index in [1.807, 2.05) is 12.1 Å². The van der Waals surface area contributed by atoms with Crippen molar-refractivity contribution in [2.45, 2.75) is 0 Å². The molecule has 0 N–H and O–H groups in total. The van der Waals surface area contributed by atoms with Crippen molar-refractivity contribution in [1.29, 1.82) is 0 Å². The van der Waals surface area contributed by atoms with Gasteiger partial charge in [-0.05, 0) is 34.7 Å². The highest BCUT2D eigenvalue weighted by Gasteiger charge is 2.23. The normalized spacial score (nSPS) is 15.6. The van der Waals surface area contributed by atoms with Gasteiger partial charge in [0.25, 0.3) is 5.24 Å². The van der Waals surface area contributed by atoms with E-state index in [2.05, 4.69) is 22.6 Å². The second kappa shape index (κ2) is 5.18. The number of thioether (sulfide) groups is 1. The smallest absolute Gasteiger partial charge is 0.282 e. The Kier molecular flexibility index (Phi) is 3.86. The number of Topliss-reactive ketones (excluding diaryl/α,β-unsaturated/α-hetero) is 1. The topological polar surface area (TPSA) is 37.4 Å². The highest BCUT2D eigenvalue weighted by molar-refractivity contribution is 14.1. The van der Waals surface area contributed by atoms with Crippen LogP contribution in [0, 0.1) is 3.57 Å². The van der Waals surface area contributed by atoms with E-state index in [0.29, 0.717) is 12.1 Å². The van der Waals surface area contributed by atoms with Crippen molar-refractivity contribution in [3.63, 3.8) is 0 Å². The molecule has 0 aliphatic carbocycles. The van der Waals surface area contributed by atoms with Crippen LogP contribution in [-0.4, -0.2) is 34.8 Å². The highest BCUT2D eigenvalue weighted by Crippen LogP contribution is 2.17. The van der Waals surface area contributed by atoms with E-state index >= 15 is 0 Å². The Bertz CT molecular complexity index is 418. The lowest BCUT2D eigenvalue weighted by atomic mass is 10.1. The number of carbonyl (C=O) groups is 2. The van der Waals surface area contributed by atoms with Crippen LogP contribution in [0.25, 0.3) is 0 Å². The lowest BCUT2D eigenvalue weighted by Gasteiger charge is -2.13. The van der Waals surface area contributed by atoms with E-state index in [-0.39, 0.29) is 17.6 Å². The Hall–Kier alpha value is -0.560. The molecule has 1 aliphatic rings. The van der Waals surface area contributed by atoms with Gasteiger partial charge in [0.15, 0.2) is 5.78 Å². The highest BCUT2D eigenvalue weighted by atomic mass is 127. The third kappa shape index (κ3) is 2.76. The predicted octanol–water partition coefficient (Wildman–Crippen LogP) is 2.64. The van der Waals surface area contributed by atoms with Crippen molar-refractivity contribution in [2.24, 2.45) is 0 Å². The van der Waals surface area contributed by atoms with Crippen LogP contribution in [0.15, 0.2) is 24.3 Å². The summed E-state index contributed by atoms with van der Waals surface area (Å²) in [4.78, 5) is 24.8. The number of rotatable bonds is 3. The molecule has 1 saturated heterocycles. The van der Waals surface area contributed by atoms with Crippen LogP contribution < -0.4 is 0 Å². The Morgan fingerprint density at radius 1 is 1.38 bits per heavy atom. The molecule has 1 aliphatic heterocycles. The predicted molar refractivity (Wildman–Crippen MR) is 72.9 cm³/mol. The molecule has 1 amide bonds. The van der Waals surface area contributed by atoms with Gasteiger partial charge in [-0.25, -0.2) is 0 Å². The van der Waals surface area contributed by atoms with Crippen LogP contribution in [0.3, 0.4) is 0 Å². The molecule has 0 aromatic heterocycles. The van der Waals surface area contributed by atoms with Crippen molar-refractivity contribution >= 4 is 45.4 Å². The summed E-state index contributed by atoms with van der Waals surface area (Å²) < 4.78 is 1.10. The lowest BCUT2D eigenvalue weighted by molar-refractivity contribution is 0.0956. The van der Waals surface area contributed by atoms with E-state index in [9.17, 15) is 9.59 Å². The van der Waals surface area contributed by atoms with E-state index in [1.54, 1.807) is 17.0 Å². The molecule has 0 spiro atoms. The minimum atomic E-state index is 0.00671. The number of hydrogen-bond donors (Lipinski definition) is 0. The van der Waals surface area contributed by atoms with Gasteiger partial charge in [-0.2, -0.15) is 0 Å². The van der Waals surface area contributed by atoms with E-state index in [4.69, 9.17) is 0 Å². The van der Waals surface area contributed by atoms with Crippen molar-refractivity contribution < 1.29 is 9.59 Å². The van der Waals surface area contributed by atoms with Crippen LogP contribution in [0.4, 0.5) is 4.79 Å². The van der Waals surface area contributed by atoms with Gasteiger partial charge in [0, 0.05) is 21.4 Å². The molecule has 1 heterocycles. The Balaban J connectivity index is 2.02. The molecule has 0 atom stereocenters. The van der Waals surface area contributed by atoms with Crippen molar-refractivity contribution in [3.05, 3.63) is 33.4 Å².